The molecule has 1 fully saturated rings. The van der Waals surface area contributed by atoms with Gasteiger partial charge in [0.05, 0.1) is 18.7 Å². The molecule has 1 aliphatic carbocycles. The third-order valence-electron chi connectivity index (χ3n) is 3.97. The number of methoxy groups -OCH3 is 1. The molecule has 1 saturated heterocycles. The van der Waals surface area contributed by atoms with Crippen LogP contribution in [0.1, 0.15) is 28.2 Å². The number of aryl methyl sites for hydroxylation is 2. The molecule has 0 saturated carbocycles. The van der Waals surface area contributed by atoms with Crippen LogP contribution in [0.15, 0.2) is 6.07 Å². The lowest BCUT2D eigenvalue weighted by molar-refractivity contribution is -0.123. The maximum atomic E-state index is 12.0. The Labute approximate surface area is 117 Å². The second-order valence-electron chi connectivity index (χ2n) is 5.29. The van der Waals surface area contributed by atoms with E-state index in [2.05, 4.69) is 16.7 Å². The first-order valence-corrected chi connectivity index (χ1v) is 7.72. The molecule has 1 aromatic heterocycles. The van der Waals surface area contributed by atoms with E-state index in [1.165, 1.54) is 34.6 Å². The van der Waals surface area contributed by atoms with Gasteiger partial charge in [-0.25, -0.2) is 0 Å². The summed E-state index contributed by atoms with van der Waals surface area (Å²) in [4.78, 5) is 14.8. The van der Waals surface area contributed by atoms with Crippen LogP contribution in [-0.4, -0.2) is 31.7 Å². The molecule has 5 heteroatoms. The molecule has 1 aliphatic heterocycles. The van der Waals surface area contributed by atoms with E-state index in [-0.39, 0.29) is 18.1 Å². The minimum atomic E-state index is -0.100. The van der Waals surface area contributed by atoms with Gasteiger partial charge in [-0.1, -0.05) is 0 Å². The van der Waals surface area contributed by atoms with E-state index >= 15 is 0 Å². The fourth-order valence-corrected chi connectivity index (χ4v) is 4.06. The number of carbonyl (C=O) groups excluding carboxylic acids is 1. The number of carbonyl (C=O) groups is 1. The van der Waals surface area contributed by atoms with Crippen molar-refractivity contribution in [1.82, 2.24) is 10.6 Å². The van der Waals surface area contributed by atoms with Gasteiger partial charge in [0.1, 0.15) is 0 Å². The van der Waals surface area contributed by atoms with Crippen molar-refractivity contribution in [3.63, 3.8) is 0 Å². The lowest BCUT2D eigenvalue weighted by atomic mass is 10.2. The number of nitrogens with one attached hydrogen (secondary N) is 2. The molecule has 4 nitrogen and oxygen atoms in total. The fraction of sp³-hybridized carbons (Fsp3) is 0.643. The predicted molar refractivity (Wildman–Crippen MR) is 75.4 cm³/mol. The highest BCUT2D eigenvalue weighted by atomic mass is 32.1. The zero-order valence-electron chi connectivity index (χ0n) is 11.2. The summed E-state index contributed by atoms with van der Waals surface area (Å²) in [6, 6.07) is 2.16. The summed E-state index contributed by atoms with van der Waals surface area (Å²) < 4.78 is 5.26. The Balaban J connectivity index is 1.50. The number of amides is 1. The number of hydrogen-bond acceptors (Lipinski definition) is 4. The van der Waals surface area contributed by atoms with Gasteiger partial charge in [-0.15, -0.1) is 11.3 Å². The van der Waals surface area contributed by atoms with Crippen LogP contribution < -0.4 is 10.6 Å². The predicted octanol–water partition coefficient (Wildman–Crippen LogP) is 1.23. The summed E-state index contributed by atoms with van der Waals surface area (Å²) in [6.45, 7) is 1.42. The first-order chi connectivity index (χ1) is 9.26. The van der Waals surface area contributed by atoms with Gasteiger partial charge in [0.25, 0.3) is 0 Å². The fourth-order valence-electron chi connectivity index (χ4n) is 2.86. The molecule has 2 aliphatic rings. The van der Waals surface area contributed by atoms with E-state index in [0.717, 1.165) is 13.0 Å². The van der Waals surface area contributed by atoms with Gasteiger partial charge in [-0.2, -0.15) is 0 Å². The number of rotatable bonds is 4. The summed E-state index contributed by atoms with van der Waals surface area (Å²) in [6.07, 6.45) is 4.65. The average molecular weight is 280 g/mol. The van der Waals surface area contributed by atoms with E-state index in [1.54, 1.807) is 7.11 Å². The normalized spacial score (nSPS) is 25.5. The third kappa shape index (κ3) is 2.83. The van der Waals surface area contributed by atoms with Crippen LogP contribution in [0.2, 0.25) is 0 Å². The quantitative estimate of drug-likeness (QED) is 0.872. The summed E-state index contributed by atoms with van der Waals surface area (Å²) in [5, 5.41) is 6.23. The Bertz CT molecular complexity index is 451. The number of thiophene rings is 1. The third-order valence-corrected chi connectivity index (χ3v) is 5.21. The summed E-state index contributed by atoms with van der Waals surface area (Å²) in [5.41, 5.74) is 1.49. The zero-order chi connectivity index (χ0) is 13.2. The highest BCUT2D eigenvalue weighted by Crippen LogP contribution is 2.30. The smallest absolute Gasteiger partial charge is 0.237 e. The van der Waals surface area contributed by atoms with Crippen LogP contribution >= 0.6 is 11.3 Å². The number of ether oxygens (including phenoxy) is 1. The molecule has 104 valence electrons. The van der Waals surface area contributed by atoms with Gasteiger partial charge >= 0.3 is 0 Å². The molecule has 3 rings (SSSR count). The van der Waals surface area contributed by atoms with Gasteiger partial charge in [0.15, 0.2) is 0 Å². The highest BCUT2D eigenvalue weighted by Gasteiger charge is 2.29. The molecule has 19 heavy (non-hydrogen) atoms. The molecule has 2 unspecified atom stereocenters. The second-order valence-corrected chi connectivity index (χ2v) is 6.51. The van der Waals surface area contributed by atoms with Crippen molar-refractivity contribution in [2.24, 2.45) is 0 Å². The summed E-state index contributed by atoms with van der Waals surface area (Å²) >= 11 is 1.85. The SMILES string of the molecule is COC1CNC(C(=O)NCc2cc3c(s2)CCC3)C1. The first kappa shape index (κ1) is 13.1. The van der Waals surface area contributed by atoms with Crippen LogP contribution in [0, 0.1) is 0 Å². The van der Waals surface area contributed by atoms with E-state index in [0.29, 0.717) is 6.54 Å². The Morgan fingerprint density at radius 1 is 1.58 bits per heavy atom. The van der Waals surface area contributed by atoms with Crippen LogP contribution in [0.4, 0.5) is 0 Å². The van der Waals surface area contributed by atoms with E-state index in [1.807, 2.05) is 11.3 Å². The molecule has 0 bridgehead atoms. The Hall–Kier alpha value is -0.910. The lowest BCUT2D eigenvalue weighted by Crippen LogP contribution is -2.39. The van der Waals surface area contributed by atoms with E-state index < -0.39 is 0 Å². The highest BCUT2D eigenvalue weighted by molar-refractivity contribution is 7.12. The van der Waals surface area contributed by atoms with Crippen molar-refractivity contribution in [2.45, 2.75) is 44.4 Å². The molecular formula is C14H20N2O2S. The van der Waals surface area contributed by atoms with Crippen molar-refractivity contribution in [2.75, 3.05) is 13.7 Å². The Kier molecular flexibility index (Phi) is 3.86. The van der Waals surface area contributed by atoms with Gasteiger partial charge < -0.3 is 15.4 Å². The molecule has 1 amide bonds. The van der Waals surface area contributed by atoms with Crippen LogP contribution in [0.25, 0.3) is 0 Å². The zero-order valence-corrected chi connectivity index (χ0v) is 12.0. The van der Waals surface area contributed by atoms with Gasteiger partial charge in [-0.3, -0.25) is 4.79 Å². The maximum absolute atomic E-state index is 12.0. The van der Waals surface area contributed by atoms with Crippen molar-refractivity contribution < 1.29 is 9.53 Å². The lowest BCUT2D eigenvalue weighted by Gasteiger charge is -2.10. The molecule has 2 N–H and O–H groups in total. The molecule has 2 atom stereocenters. The largest absolute Gasteiger partial charge is 0.380 e. The van der Waals surface area contributed by atoms with Crippen LogP contribution in [0.5, 0.6) is 0 Å². The average Bonchev–Trinajstić information content (AvgIpc) is 3.10. The number of hydrogen-bond donors (Lipinski definition) is 2. The van der Waals surface area contributed by atoms with Gasteiger partial charge in [-0.05, 0) is 37.3 Å². The number of fused-ring (bicyclic) bond motifs is 1. The van der Waals surface area contributed by atoms with Crippen LogP contribution in [0.3, 0.4) is 0 Å². The minimum absolute atomic E-state index is 0.0908. The molecular weight excluding hydrogens is 260 g/mol. The standard InChI is InChI=1S/C14H20N2O2S/c1-18-10-6-12(15-7-10)14(17)16-8-11-5-9-3-2-4-13(9)19-11/h5,10,12,15H,2-4,6-8H2,1H3,(H,16,17). The maximum Gasteiger partial charge on any atom is 0.237 e. The molecule has 0 spiro atoms. The van der Waals surface area contributed by atoms with E-state index in [4.69, 9.17) is 4.74 Å². The van der Waals surface area contributed by atoms with Crippen LogP contribution in [-0.2, 0) is 28.9 Å². The molecule has 1 aromatic rings. The molecule has 0 radical (unpaired) electrons. The Morgan fingerprint density at radius 3 is 3.21 bits per heavy atom. The van der Waals surface area contributed by atoms with Crippen molar-refractivity contribution in [3.8, 4) is 0 Å². The van der Waals surface area contributed by atoms with Crippen molar-refractivity contribution >= 4 is 17.2 Å². The summed E-state index contributed by atoms with van der Waals surface area (Å²) in [5.74, 6) is 0.0908. The monoisotopic (exact) mass is 280 g/mol. The topological polar surface area (TPSA) is 50.4 Å². The van der Waals surface area contributed by atoms with Crippen molar-refractivity contribution in [1.29, 1.82) is 0 Å². The van der Waals surface area contributed by atoms with E-state index in [9.17, 15) is 4.79 Å². The Morgan fingerprint density at radius 2 is 2.47 bits per heavy atom. The van der Waals surface area contributed by atoms with Crippen molar-refractivity contribution in [3.05, 3.63) is 21.4 Å². The molecule has 0 aromatic carbocycles. The van der Waals surface area contributed by atoms with Gasteiger partial charge in [0.2, 0.25) is 5.91 Å². The molecule has 2 heterocycles. The second kappa shape index (κ2) is 5.61. The first-order valence-electron chi connectivity index (χ1n) is 6.90. The minimum Gasteiger partial charge on any atom is -0.380 e. The van der Waals surface area contributed by atoms with Gasteiger partial charge in [0, 0.05) is 23.4 Å². The summed E-state index contributed by atoms with van der Waals surface area (Å²) in [7, 11) is 1.69.